The molecule has 2 unspecified atom stereocenters. The summed E-state index contributed by atoms with van der Waals surface area (Å²) in [5.74, 6) is -0.509. The molecule has 0 aliphatic heterocycles. The van der Waals surface area contributed by atoms with E-state index in [0.29, 0.717) is 11.1 Å². The minimum absolute atomic E-state index is 0.0808. The SMILES string of the molecule is CCCCCC(C)C(Nc1ccc(C(=O)NCCC(=O)O)cc1)c1oc2ccc(F)cc2c1C. The first-order chi connectivity index (χ1) is 16.3. The first kappa shape index (κ1) is 25.3. The van der Waals surface area contributed by atoms with Gasteiger partial charge in [0, 0.05) is 28.7 Å². The van der Waals surface area contributed by atoms with Gasteiger partial charge in [-0.05, 0) is 61.7 Å². The molecule has 2 atom stereocenters. The number of fused-ring (bicyclic) bond motifs is 1. The van der Waals surface area contributed by atoms with Gasteiger partial charge in [0.15, 0.2) is 0 Å². The fraction of sp³-hybridized carbons (Fsp3) is 0.407. The zero-order valence-electron chi connectivity index (χ0n) is 20.0. The molecule has 0 bridgehead atoms. The first-order valence-corrected chi connectivity index (χ1v) is 11.8. The molecule has 0 saturated heterocycles. The number of unbranched alkanes of at least 4 members (excludes halogenated alkanes) is 2. The van der Waals surface area contributed by atoms with Crippen molar-refractivity contribution in [3.05, 3.63) is 65.2 Å². The van der Waals surface area contributed by atoms with Gasteiger partial charge in [-0.1, -0.05) is 33.1 Å². The number of hydrogen-bond acceptors (Lipinski definition) is 4. The van der Waals surface area contributed by atoms with Crippen molar-refractivity contribution in [2.75, 3.05) is 11.9 Å². The highest BCUT2D eigenvalue weighted by Gasteiger charge is 2.26. The molecule has 1 heterocycles. The van der Waals surface area contributed by atoms with Crippen LogP contribution in [-0.2, 0) is 4.79 Å². The molecule has 0 aliphatic rings. The Kier molecular flexibility index (Phi) is 8.68. The van der Waals surface area contributed by atoms with Crippen LogP contribution in [0.2, 0.25) is 0 Å². The number of aryl methyl sites for hydroxylation is 1. The van der Waals surface area contributed by atoms with Crippen molar-refractivity contribution in [3.63, 3.8) is 0 Å². The molecule has 7 heteroatoms. The van der Waals surface area contributed by atoms with Crippen LogP contribution in [0.25, 0.3) is 11.0 Å². The van der Waals surface area contributed by atoms with Crippen LogP contribution in [0.4, 0.5) is 10.1 Å². The maximum absolute atomic E-state index is 13.8. The van der Waals surface area contributed by atoms with Gasteiger partial charge in [0.05, 0.1) is 12.5 Å². The van der Waals surface area contributed by atoms with E-state index in [4.69, 9.17) is 9.52 Å². The van der Waals surface area contributed by atoms with Gasteiger partial charge >= 0.3 is 5.97 Å². The molecule has 0 saturated carbocycles. The van der Waals surface area contributed by atoms with E-state index in [-0.39, 0.29) is 36.6 Å². The maximum Gasteiger partial charge on any atom is 0.305 e. The molecule has 0 spiro atoms. The topological polar surface area (TPSA) is 91.6 Å². The number of nitrogens with one attached hydrogen (secondary N) is 2. The van der Waals surface area contributed by atoms with Crippen molar-refractivity contribution in [1.29, 1.82) is 0 Å². The van der Waals surface area contributed by atoms with E-state index in [1.807, 2.05) is 19.1 Å². The van der Waals surface area contributed by atoms with Crippen LogP contribution in [0.3, 0.4) is 0 Å². The fourth-order valence-corrected chi connectivity index (χ4v) is 4.14. The van der Waals surface area contributed by atoms with Gasteiger partial charge < -0.3 is 20.2 Å². The van der Waals surface area contributed by atoms with Crippen LogP contribution in [-0.4, -0.2) is 23.5 Å². The lowest BCUT2D eigenvalue weighted by molar-refractivity contribution is -0.136. The van der Waals surface area contributed by atoms with Crippen LogP contribution in [0, 0.1) is 18.7 Å². The first-order valence-electron chi connectivity index (χ1n) is 11.8. The molecule has 1 aromatic heterocycles. The van der Waals surface area contributed by atoms with Crippen molar-refractivity contribution >= 4 is 28.5 Å². The summed E-state index contributed by atoms with van der Waals surface area (Å²) in [7, 11) is 0. The van der Waals surface area contributed by atoms with Crippen molar-refractivity contribution in [2.45, 2.75) is 58.9 Å². The highest BCUT2D eigenvalue weighted by atomic mass is 19.1. The number of hydrogen-bond donors (Lipinski definition) is 3. The number of carbonyl (C=O) groups is 2. The largest absolute Gasteiger partial charge is 0.481 e. The van der Waals surface area contributed by atoms with E-state index in [1.165, 1.54) is 12.1 Å². The second kappa shape index (κ2) is 11.7. The zero-order chi connectivity index (χ0) is 24.7. The molecule has 0 fully saturated rings. The molecule has 0 aliphatic carbocycles. The minimum Gasteiger partial charge on any atom is -0.481 e. The smallest absolute Gasteiger partial charge is 0.305 e. The average Bonchev–Trinajstić information content (AvgIpc) is 3.13. The summed E-state index contributed by atoms with van der Waals surface area (Å²) < 4.78 is 20.0. The molecule has 182 valence electrons. The number of furan rings is 1. The van der Waals surface area contributed by atoms with Crippen LogP contribution in [0.15, 0.2) is 46.9 Å². The summed E-state index contributed by atoms with van der Waals surface area (Å²) in [6.07, 6.45) is 4.31. The second-order valence-corrected chi connectivity index (χ2v) is 8.80. The van der Waals surface area contributed by atoms with Crippen LogP contribution in [0.1, 0.15) is 73.7 Å². The van der Waals surface area contributed by atoms with E-state index in [2.05, 4.69) is 24.5 Å². The molecule has 3 aromatic rings. The maximum atomic E-state index is 13.8. The average molecular weight is 469 g/mol. The highest BCUT2D eigenvalue weighted by Crippen LogP contribution is 2.37. The van der Waals surface area contributed by atoms with Crippen molar-refractivity contribution in [3.8, 4) is 0 Å². The highest BCUT2D eigenvalue weighted by molar-refractivity contribution is 5.94. The lowest BCUT2D eigenvalue weighted by Crippen LogP contribution is -2.26. The van der Waals surface area contributed by atoms with Crippen molar-refractivity contribution in [2.24, 2.45) is 5.92 Å². The summed E-state index contributed by atoms with van der Waals surface area (Å²) in [5.41, 5.74) is 2.87. The number of aliphatic carboxylic acids is 1. The van der Waals surface area contributed by atoms with Crippen LogP contribution >= 0.6 is 0 Å². The van der Waals surface area contributed by atoms with Gasteiger partial charge in [0.1, 0.15) is 17.2 Å². The van der Waals surface area contributed by atoms with Crippen LogP contribution in [0.5, 0.6) is 0 Å². The molecule has 0 radical (unpaired) electrons. The number of halogens is 1. The Balaban J connectivity index is 1.81. The predicted molar refractivity (Wildman–Crippen MR) is 132 cm³/mol. The number of amides is 1. The molecular weight excluding hydrogens is 435 g/mol. The summed E-state index contributed by atoms with van der Waals surface area (Å²) in [6.45, 7) is 6.40. The molecule has 2 aromatic carbocycles. The van der Waals surface area contributed by atoms with Crippen molar-refractivity contribution in [1.82, 2.24) is 5.32 Å². The molecular formula is C27H33FN2O4. The van der Waals surface area contributed by atoms with E-state index in [0.717, 1.165) is 48.1 Å². The third-order valence-electron chi connectivity index (χ3n) is 6.14. The molecule has 34 heavy (non-hydrogen) atoms. The van der Waals surface area contributed by atoms with E-state index in [1.54, 1.807) is 18.2 Å². The Bertz CT molecular complexity index is 1120. The molecule has 3 N–H and O–H groups in total. The Hall–Kier alpha value is -3.35. The lowest BCUT2D eigenvalue weighted by Gasteiger charge is -2.25. The van der Waals surface area contributed by atoms with Gasteiger partial charge in [-0.15, -0.1) is 0 Å². The fourth-order valence-electron chi connectivity index (χ4n) is 4.14. The standard InChI is InChI=1S/C27H33FN2O4/c1-4-5-6-7-17(2)25(26-18(3)22-16-20(28)10-13-23(22)34-26)30-21-11-8-19(9-12-21)27(33)29-15-14-24(31)32/h8-13,16-17,25,30H,4-7,14-15H2,1-3H3,(H,29,33)(H,31,32). The Morgan fingerprint density at radius 2 is 1.85 bits per heavy atom. The number of carbonyl (C=O) groups excluding carboxylic acids is 1. The lowest BCUT2D eigenvalue weighted by atomic mass is 9.91. The summed E-state index contributed by atoms with van der Waals surface area (Å²) in [4.78, 5) is 22.9. The van der Waals surface area contributed by atoms with Gasteiger partial charge in [-0.2, -0.15) is 0 Å². The van der Waals surface area contributed by atoms with Gasteiger partial charge in [-0.25, -0.2) is 4.39 Å². The molecule has 3 rings (SSSR count). The number of carboxylic acids is 1. The van der Waals surface area contributed by atoms with Gasteiger partial charge in [-0.3, -0.25) is 9.59 Å². The predicted octanol–water partition coefficient (Wildman–Crippen LogP) is 6.45. The number of rotatable bonds is 12. The quantitative estimate of drug-likeness (QED) is 0.266. The Morgan fingerprint density at radius 1 is 1.12 bits per heavy atom. The van der Waals surface area contributed by atoms with Gasteiger partial charge in [0.2, 0.25) is 0 Å². The van der Waals surface area contributed by atoms with Crippen molar-refractivity contribution < 1.29 is 23.5 Å². The van der Waals surface area contributed by atoms with Crippen LogP contribution < -0.4 is 10.6 Å². The van der Waals surface area contributed by atoms with E-state index < -0.39 is 5.97 Å². The Morgan fingerprint density at radius 3 is 2.53 bits per heavy atom. The number of carboxylic acid groups (broad SMARTS) is 1. The zero-order valence-corrected chi connectivity index (χ0v) is 20.0. The summed E-state index contributed by atoms with van der Waals surface area (Å²) in [5, 5.41) is 15.7. The summed E-state index contributed by atoms with van der Waals surface area (Å²) >= 11 is 0. The Labute approximate surface area is 199 Å². The van der Waals surface area contributed by atoms with E-state index in [9.17, 15) is 14.0 Å². The van der Waals surface area contributed by atoms with Gasteiger partial charge in [0.25, 0.3) is 5.91 Å². The summed E-state index contributed by atoms with van der Waals surface area (Å²) in [6, 6.07) is 11.5. The second-order valence-electron chi connectivity index (χ2n) is 8.80. The monoisotopic (exact) mass is 468 g/mol. The third-order valence-corrected chi connectivity index (χ3v) is 6.14. The molecule has 6 nitrogen and oxygen atoms in total. The number of benzene rings is 2. The molecule has 1 amide bonds. The number of anilines is 1. The minimum atomic E-state index is -0.956. The third kappa shape index (κ3) is 6.37. The normalized spacial score (nSPS) is 12.9. The van der Waals surface area contributed by atoms with E-state index >= 15 is 0 Å².